The standard InChI is InChI=1S/C18H27N/c1-18(2)11-5-8-16(18)17(19-3)15-10-9-13-6-4-7-14(13)12-15/h9-10,12,16-17,19H,4-8,11H2,1-3H3. The molecule has 1 N–H and O–H groups in total. The Kier molecular flexibility index (Phi) is 3.42. The van der Waals surface area contributed by atoms with Crippen LogP contribution in [-0.4, -0.2) is 7.05 Å². The number of nitrogens with one attached hydrogen (secondary N) is 1. The minimum Gasteiger partial charge on any atom is -0.313 e. The first-order chi connectivity index (χ1) is 9.12. The van der Waals surface area contributed by atoms with Gasteiger partial charge in [-0.05, 0) is 67.2 Å². The molecule has 0 heterocycles. The summed E-state index contributed by atoms with van der Waals surface area (Å²) in [6.07, 6.45) is 8.05. The molecule has 0 amide bonds. The third-order valence-corrected chi connectivity index (χ3v) is 5.54. The smallest absolute Gasteiger partial charge is 0.0351 e. The van der Waals surface area contributed by atoms with Crippen LogP contribution in [0.3, 0.4) is 0 Å². The van der Waals surface area contributed by atoms with E-state index < -0.39 is 0 Å². The largest absolute Gasteiger partial charge is 0.313 e. The second kappa shape index (κ2) is 4.94. The van der Waals surface area contributed by atoms with E-state index in [1.165, 1.54) is 44.1 Å². The Morgan fingerprint density at radius 3 is 2.63 bits per heavy atom. The first kappa shape index (κ1) is 13.2. The van der Waals surface area contributed by atoms with Crippen LogP contribution in [-0.2, 0) is 12.8 Å². The topological polar surface area (TPSA) is 12.0 Å². The molecule has 0 bridgehead atoms. The van der Waals surface area contributed by atoms with Crippen molar-refractivity contribution >= 4 is 0 Å². The summed E-state index contributed by atoms with van der Waals surface area (Å²) in [5, 5.41) is 3.61. The van der Waals surface area contributed by atoms with Gasteiger partial charge in [0.1, 0.15) is 0 Å². The highest BCUT2D eigenvalue weighted by atomic mass is 14.9. The molecule has 2 unspecified atom stereocenters. The van der Waals surface area contributed by atoms with Crippen molar-refractivity contribution in [3.63, 3.8) is 0 Å². The van der Waals surface area contributed by atoms with E-state index in [-0.39, 0.29) is 0 Å². The molecule has 2 aliphatic carbocycles. The van der Waals surface area contributed by atoms with Crippen LogP contribution in [0.4, 0.5) is 0 Å². The van der Waals surface area contributed by atoms with Crippen molar-refractivity contribution in [3.05, 3.63) is 34.9 Å². The summed E-state index contributed by atoms with van der Waals surface area (Å²) in [7, 11) is 2.13. The van der Waals surface area contributed by atoms with E-state index in [4.69, 9.17) is 0 Å². The van der Waals surface area contributed by atoms with Gasteiger partial charge in [-0.3, -0.25) is 0 Å². The predicted molar refractivity (Wildman–Crippen MR) is 81.4 cm³/mol. The van der Waals surface area contributed by atoms with Crippen molar-refractivity contribution in [1.29, 1.82) is 0 Å². The summed E-state index contributed by atoms with van der Waals surface area (Å²) < 4.78 is 0. The lowest BCUT2D eigenvalue weighted by Gasteiger charge is -2.34. The zero-order chi connectivity index (χ0) is 13.5. The van der Waals surface area contributed by atoms with E-state index in [1.54, 1.807) is 11.1 Å². The van der Waals surface area contributed by atoms with Crippen molar-refractivity contribution in [3.8, 4) is 0 Å². The van der Waals surface area contributed by atoms with E-state index >= 15 is 0 Å². The second-order valence-corrected chi connectivity index (χ2v) is 7.14. The number of benzene rings is 1. The lowest BCUT2D eigenvalue weighted by atomic mass is 9.75. The fourth-order valence-electron chi connectivity index (χ4n) is 4.36. The Bertz CT molecular complexity index is 461. The minimum atomic E-state index is 0.479. The van der Waals surface area contributed by atoms with Gasteiger partial charge < -0.3 is 5.32 Å². The molecular formula is C18H27N. The SMILES string of the molecule is CNC(c1ccc2c(c1)CCC2)C1CCCC1(C)C. The molecule has 104 valence electrons. The van der Waals surface area contributed by atoms with Gasteiger partial charge in [0.05, 0.1) is 0 Å². The molecule has 0 spiro atoms. The summed E-state index contributed by atoms with van der Waals surface area (Å²) in [5.74, 6) is 0.775. The Morgan fingerprint density at radius 2 is 1.95 bits per heavy atom. The monoisotopic (exact) mass is 257 g/mol. The normalized spacial score (nSPS) is 26.4. The molecule has 0 saturated heterocycles. The maximum absolute atomic E-state index is 3.61. The summed E-state index contributed by atoms with van der Waals surface area (Å²) >= 11 is 0. The maximum atomic E-state index is 3.61. The Hall–Kier alpha value is -0.820. The van der Waals surface area contributed by atoms with Crippen molar-refractivity contribution in [2.24, 2.45) is 11.3 Å². The van der Waals surface area contributed by atoms with E-state index in [0.717, 1.165) is 5.92 Å². The van der Waals surface area contributed by atoms with Crippen molar-refractivity contribution in [2.45, 2.75) is 58.4 Å². The van der Waals surface area contributed by atoms with E-state index in [0.29, 0.717) is 11.5 Å². The lowest BCUT2D eigenvalue weighted by Crippen LogP contribution is -2.32. The van der Waals surface area contributed by atoms with E-state index in [9.17, 15) is 0 Å². The fraction of sp³-hybridized carbons (Fsp3) is 0.667. The van der Waals surface area contributed by atoms with Crippen LogP contribution >= 0.6 is 0 Å². The van der Waals surface area contributed by atoms with Crippen LogP contribution in [0, 0.1) is 11.3 Å². The molecule has 19 heavy (non-hydrogen) atoms. The fourth-order valence-corrected chi connectivity index (χ4v) is 4.36. The van der Waals surface area contributed by atoms with Crippen LogP contribution in [0.5, 0.6) is 0 Å². The first-order valence-corrected chi connectivity index (χ1v) is 7.91. The molecule has 2 aliphatic rings. The highest BCUT2D eigenvalue weighted by Crippen LogP contribution is 2.48. The van der Waals surface area contributed by atoms with Gasteiger partial charge in [-0.15, -0.1) is 0 Å². The number of rotatable bonds is 3. The van der Waals surface area contributed by atoms with E-state index in [2.05, 4.69) is 44.4 Å². The second-order valence-electron chi connectivity index (χ2n) is 7.14. The van der Waals surface area contributed by atoms with E-state index in [1.807, 2.05) is 0 Å². The van der Waals surface area contributed by atoms with Gasteiger partial charge in [-0.2, -0.15) is 0 Å². The molecule has 0 aromatic heterocycles. The average molecular weight is 257 g/mol. The molecular weight excluding hydrogens is 230 g/mol. The Morgan fingerprint density at radius 1 is 1.16 bits per heavy atom. The number of fused-ring (bicyclic) bond motifs is 1. The maximum Gasteiger partial charge on any atom is 0.0351 e. The third-order valence-electron chi connectivity index (χ3n) is 5.54. The molecule has 1 nitrogen and oxygen atoms in total. The molecule has 1 saturated carbocycles. The quantitative estimate of drug-likeness (QED) is 0.853. The predicted octanol–water partition coefficient (Wildman–Crippen LogP) is 4.26. The number of hydrogen-bond acceptors (Lipinski definition) is 1. The third kappa shape index (κ3) is 2.33. The van der Waals surface area contributed by atoms with Gasteiger partial charge in [-0.25, -0.2) is 0 Å². The molecule has 1 fully saturated rings. The highest BCUT2D eigenvalue weighted by molar-refractivity contribution is 5.37. The molecule has 2 atom stereocenters. The molecule has 0 radical (unpaired) electrons. The van der Waals surface area contributed by atoms with Gasteiger partial charge in [0, 0.05) is 6.04 Å². The van der Waals surface area contributed by atoms with Crippen LogP contribution in [0.15, 0.2) is 18.2 Å². The van der Waals surface area contributed by atoms with Crippen molar-refractivity contribution in [2.75, 3.05) is 7.05 Å². The summed E-state index contributed by atoms with van der Waals surface area (Å²) in [6, 6.07) is 7.77. The average Bonchev–Trinajstić information content (AvgIpc) is 2.97. The highest BCUT2D eigenvalue weighted by Gasteiger charge is 2.39. The molecule has 1 heteroatoms. The first-order valence-electron chi connectivity index (χ1n) is 7.91. The lowest BCUT2D eigenvalue weighted by molar-refractivity contribution is 0.203. The zero-order valence-electron chi connectivity index (χ0n) is 12.6. The van der Waals surface area contributed by atoms with Crippen LogP contribution in [0.1, 0.15) is 62.3 Å². The Labute approximate surface area is 117 Å². The van der Waals surface area contributed by atoms with Gasteiger partial charge in [0.25, 0.3) is 0 Å². The summed E-state index contributed by atoms with van der Waals surface area (Å²) in [5.41, 5.74) is 5.19. The van der Waals surface area contributed by atoms with Gasteiger partial charge >= 0.3 is 0 Å². The number of hydrogen-bond donors (Lipinski definition) is 1. The molecule has 1 aromatic carbocycles. The van der Waals surface area contributed by atoms with Gasteiger partial charge in [-0.1, -0.05) is 38.5 Å². The minimum absolute atomic E-state index is 0.479. The Balaban J connectivity index is 1.90. The number of aryl methyl sites for hydroxylation is 2. The van der Waals surface area contributed by atoms with Crippen LogP contribution < -0.4 is 5.32 Å². The molecule has 1 aromatic rings. The van der Waals surface area contributed by atoms with Gasteiger partial charge in [0.2, 0.25) is 0 Å². The molecule has 3 rings (SSSR count). The summed E-state index contributed by atoms with van der Waals surface area (Å²) in [4.78, 5) is 0. The van der Waals surface area contributed by atoms with Crippen molar-refractivity contribution in [1.82, 2.24) is 5.32 Å². The van der Waals surface area contributed by atoms with Crippen LogP contribution in [0.2, 0.25) is 0 Å². The van der Waals surface area contributed by atoms with Gasteiger partial charge in [0.15, 0.2) is 0 Å². The van der Waals surface area contributed by atoms with Crippen molar-refractivity contribution < 1.29 is 0 Å². The zero-order valence-corrected chi connectivity index (χ0v) is 12.6. The molecule has 0 aliphatic heterocycles. The summed E-state index contributed by atoms with van der Waals surface area (Å²) in [6.45, 7) is 4.89. The van der Waals surface area contributed by atoms with Crippen LogP contribution in [0.25, 0.3) is 0 Å².